The van der Waals surface area contributed by atoms with Crippen molar-refractivity contribution in [3.8, 4) is 45.0 Å². The number of hydrogen-bond acceptors (Lipinski definition) is 3. The van der Waals surface area contributed by atoms with Gasteiger partial charge in [-0.25, -0.2) is 4.98 Å². The summed E-state index contributed by atoms with van der Waals surface area (Å²) >= 11 is 0. The maximum atomic E-state index is 5.92. The smallest absolute Gasteiger partial charge is 0.137 e. The molecule has 10 aromatic rings. The van der Waals surface area contributed by atoms with Gasteiger partial charge in [-0.15, -0.1) is 0 Å². The third kappa shape index (κ3) is 4.33. The van der Waals surface area contributed by atoms with E-state index in [1.807, 2.05) is 43.1 Å². The molecule has 10 rings (SSSR count). The van der Waals surface area contributed by atoms with Crippen molar-refractivity contribution in [1.29, 1.82) is 0 Å². The fourth-order valence-electron chi connectivity index (χ4n) is 7.33. The van der Waals surface area contributed by atoms with Crippen LogP contribution in [0.25, 0.3) is 88.6 Å². The molecule has 0 amide bonds. The summed E-state index contributed by atoms with van der Waals surface area (Å²) in [4.78, 5) is 9.39. The highest BCUT2D eigenvalue weighted by Gasteiger charge is 2.18. The van der Waals surface area contributed by atoms with Crippen LogP contribution in [0.2, 0.25) is 0 Å². The van der Waals surface area contributed by atoms with Crippen LogP contribution in [0.1, 0.15) is 0 Å². The molecule has 5 heterocycles. The van der Waals surface area contributed by atoms with Gasteiger partial charge in [0, 0.05) is 56.3 Å². The monoisotopic (exact) mass is 628 g/mol. The summed E-state index contributed by atoms with van der Waals surface area (Å²) in [6, 6.07) is 51.2. The zero-order valence-electron chi connectivity index (χ0n) is 26.4. The Morgan fingerprint density at radius 1 is 0.429 bits per heavy atom. The molecule has 0 unspecified atom stereocenters. The third-order valence-electron chi connectivity index (χ3n) is 9.58. The Labute approximate surface area is 282 Å². The molecule has 0 aliphatic rings. The predicted molar refractivity (Wildman–Crippen MR) is 199 cm³/mol. The van der Waals surface area contributed by atoms with Crippen molar-refractivity contribution in [2.75, 3.05) is 0 Å². The molecule has 49 heavy (non-hydrogen) atoms. The van der Waals surface area contributed by atoms with Gasteiger partial charge in [0.1, 0.15) is 5.82 Å². The Kier molecular flexibility index (Phi) is 6.11. The lowest BCUT2D eigenvalue weighted by Gasteiger charge is -2.09. The van der Waals surface area contributed by atoms with Crippen molar-refractivity contribution in [2.45, 2.75) is 0 Å². The molecule has 0 radical (unpaired) electrons. The fourth-order valence-corrected chi connectivity index (χ4v) is 7.33. The van der Waals surface area contributed by atoms with Crippen molar-refractivity contribution in [2.24, 2.45) is 0 Å². The lowest BCUT2D eigenvalue weighted by atomic mass is 9.96. The van der Waals surface area contributed by atoms with Crippen molar-refractivity contribution in [3.63, 3.8) is 0 Å². The van der Waals surface area contributed by atoms with Crippen LogP contribution in [0.15, 0.2) is 175 Å². The number of hydrogen-bond donors (Lipinski definition) is 0. The predicted octanol–water partition coefficient (Wildman–Crippen LogP) is 11.3. The van der Waals surface area contributed by atoms with Gasteiger partial charge in [0.15, 0.2) is 0 Å². The Morgan fingerprint density at radius 2 is 1.00 bits per heavy atom. The van der Waals surface area contributed by atoms with E-state index in [0.29, 0.717) is 0 Å². The minimum atomic E-state index is 0.866. The summed E-state index contributed by atoms with van der Waals surface area (Å²) in [7, 11) is 0. The van der Waals surface area contributed by atoms with Gasteiger partial charge in [-0.3, -0.25) is 9.55 Å². The van der Waals surface area contributed by atoms with E-state index in [-0.39, 0.29) is 0 Å². The lowest BCUT2D eigenvalue weighted by Crippen LogP contribution is -1.97. The summed E-state index contributed by atoms with van der Waals surface area (Å²) in [5.41, 5.74) is 12.0. The quantitative estimate of drug-likeness (QED) is 0.191. The van der Waals surface area contributed by atoms with Crippen LogP contribution in [0.5, 0.6) is 0 Å². The van der Waals surface area contributed by atoms with Crippen LogP contribution < -0.4 is 0 Å². The highest BCUT2D eigenvalue weighted by Crippen LogP contribution is 2.40. The first-order chi connectivity index (χ1) is 24.3. The van der Waals surface area contributed by atoms with E-state index in [2.05, 4.69) is 142 Å². The molecule has 5 aromatic heterocycles. The van der Waals surface area contributed by atoms with Crippen molar-refractivity contribution in [3.05, 3.63) is 171 Å². The van der Waals surface area contributed by atoms with E-state index < -0.39 is 0 Å². The molecule has 0 fully saturated rings. The number of nitrogens with zero attached hydrogens (tertiary/aromatic N) is 4. The zero-order valence-corrected chi connectivity index (χ0v) is 26.4. The third-order valence-corrected chi connectivity index (χ3v) is 9.58. The SMILES string of the molecule is c1ccc(-n2c3ccccc3c3cc(-c4cocc4-c4ccc5c(c4)c4ccccc4n5-c4ccc(-c5ccccn5)cn4)ccc32)cc1. The van der Waals surface area contributed by atoms with E-state index in [4.69, 9.17) is 9.40 Å². The Balaban J connectivity index is 1.10. The minimum Gasteiger partial charge on any atom is -0.471 e. The van der Waals surface area contributed by atoms with Gasteiger partial charge in [-0.1, -0.05) is 72.8 Å². The van der Waals surface area contributed by atoms with Crippen LogP contribution in [0.3, 0.4) is 0 Å². The molecule has 5 heteroatoms. The summed E-state index contributed by atoms with van der Waals surface area (Å²) in [5.74, 6) is 0.866. The van der Waals surface area contributed by atoms with Gasteiger partial charge in [-0.05, 0) is 83.9 Å². The number of aromatic nitrogens is 4. The second-order valence-electron chi connectivity index (χ2n) is 12.3. The maximum absolute atomic E-state index is 5.92. The summed E-state index contributed by atoms with van der Waals surface area (Å²) in [6.07, 6.45) is 7.44. The number of para-hydroxylation sites is 3. The average Bonchev–Trinajstić information content (AvgIpc) is 3.88. The van der Waals surface area contributed by atoms with Gasteiger partial charge >= 0.3 is 0 Å². The maximum Gasteiger partial charge on any atom is 0.137 e. The van der Waals surface area contributed by atoms with E-state index in [0.717, 1.165) is 61.4 Å². The summed E-state index contributed by atoms with van der Waals surface area (Å²) in [5, 5.41) is 4.78. The molecule has 5 aromatic carbocycles. The van der Waals surface area contributed by atoms with Crippen LogP contribution in [0, 0.1) is 0 Å². The van der Waals surface area contributed by atoms with Gasteiger partial charge in [0.25, 0.3) is 0 Å². The summed E-state index contributed by atoms with van der Waals surface area (Å²) in [6.45, 7) is 0. The van der Waals surface area contributed by atoms with Gasteiger partial charge in [0.2, 0.25) is 0 Å². The minimum absolute atomic E-state index is 0.866. The standard InChI is InChI=1S/C44H28N4O/c1-2-10-32(11-3-1)47-40-15-6-4-12-33(40)35-24-29(17-20-42(35)47)37-27-49-28-38(37)30-18-21-43-36(25-30)34-13-5-7-16-41(34)48(43)44-22-19-31(26-46-44)39-14-8-9-23-45-39/h1-28H. The van der Waals surface area contributed by atoms with Gasteiger partial charge < -0.3 is 8.98 Å². The molecule has 230 valence electrons. The first-order valence-electron chi connectivity index (χ1n) is 16.4. The molecular formula is C44H28N4O. The van der Waals surface area contributed by atoms with E-state index in [1.165, 1.54) is 27.2 Å². The molecule has 0 atom stereocenters. The lowest BCUT2D eigenvalue weighted by molar-refractivity contribution is 0.569. The second-order valence-corrected chi connectivity index (χ2v) is 12.3. The van der Waals surface area contributed by atoms with E-state index in [1.54, 1.807) is 0 Å². The second kappa shape index (κ2) is 10.9. The van der Waals surface area contributed by atoms with Crippen LogP contribution in [-0.2, 0) is 0 Å². The van der Waals surface area contributed by atoms with Crippen LogP contribution >= 0.6 is 0 Å². The van der Waals surface area contributed by atoms with Gasteiger partial charge in [0.05, 0.1) is 40.3 Å². The molecule has 0 aliphatic carbocycles. The summed E-state index contributed by atoms with van der Waals surface area (Å²) < 4.78 is 10.5. The molecular weight excluding hydrogens is 601 g/mol. The zero-order chi connectivity index (χ0) is 32.3. The normalized spacial score (nSPS) is 11.7. The van der Waals surface area contributed by atoms with E-state index >= 15 is 0 Å². The molecule has 0 spiro atoms. The van der Waals surface area contributed by atoms with Gasteiger partial charge in [-0.2, -0.15) is 0 Å². The van der Waals surface area contributed by atoms with Crippen LogP contribution in [-0.4, -0.2) is 19.1 Å². The largest absolute Gasteiger partial charge is 0.471 e. The first-order valence-corrected chi connectivity index (χ1v) is 16.4. The highest BCUT2D eigenvalue weighted by atomic mass is 16.3. The fraction of sp³-hybridized carbons (Fsp3) is 0. The van der Waals surface area contributed by atoms with E-state index in [9.17, 15) is 0 Å². The average molecular weight is 629 g/mol. The highest BCUT2D eigenvalue weighted by molar-refractivity contribution is 6.12. The molecule has 5 nitrogen and oxygen atoms in total. The number of fused-ring (bicyclic) bond motifs is 6. The molecule has 0 bridgehead atoms. The molecule has 0 saturated heterocycles. The topological polar surface area (TPSA) is 48.8 Å². The van der Waals surface area contributed by atoms with Crippen molar-refractivity contribution >= 4 is 43.6 Å². The Bertz CT molecular complexity index is 2810. The first kappa shape index (κ1) is 27.4. The number of benzene rings is 5. The molecule has 0 saturated carbocycles. The Hall–Kier alpha value is -6.72. The molecule has 0 N–H and O–H groups in total. The number of rotatable bonds is 5. The van der Waals surface area contributed by atoms with Crippen molar-refractivity contribution < 1.29 is 4.42 Å². The number of furan rings is 1. The Morgan fingerprint density at radius 3 is 1.63 bits per heavy atom. The van der Waals surface area contributed by atoms with Crippen molar-refractivity contribution in [1.82, 2.24) is 19.1 Å². The number of pyridine rings is 2. The van der Waals surface area contributed by atoms with Crippen LogP contribution in [0.4, 0.5) is 0 Å². The molecule has 0 aliphatic heterocycles.